The first-order valence-electron chi connectivity index (χ1n) is 11.8. The van der Waals surface area contributed by atoms with Crippen LogP contribution in [-0.2, 0) is 11.3 Å². The van der Waals surface area contributed by atoms with Gasteiger partial charge in [0.25, 0.3) is 0 Å². The van der Waals surface area contributed by atoms with Gasteiger partial charge < -0.3 is 20.8 Å². The highest BCUT2D eigenvalue weighted by molar-refractivity contribution is 5.88. The Labute approximate surface area is 197 Å². The predicted molar refractivity (Wildman–Crippen MR) is 126 cm³/mol. The van der Waals surface area contributed by atoms with E-state index in [4.69, 9.17) is 10.6 Å². The lowest BCUT2D eigenvalue weighted by molar-refractivity contribution is 0.0406. The third kappa shape index (κ3) is 5.78. The summed E-state index contributed by atoms with van der Waals surface area (Å²) >= 11 is 0. The van der Waals surface area contributed by atoms with Crippen molar-refractivity contribution in [1.29, 1.82) is 0 Å². The minimum absolute atomic E-state index is 0.0493. The number of carbonyl (C=O) groups excluding carboxylic acids is 1. The summed E-state index contributed by atoms with van der Waals surface area (Å²) in [5.41, 5.74) is 7.12. The number of hydrogen-bond donors (Lipinski definition) is 2. The van der Waals surface area contributed by atoms with E-state index in [0.717, 1.165) is 61.7 Å². The Morgan fingerprint density at radius 1 is 1.15 bits per heavy atom. The van der Waals surface area contributed by atoms with Gasteiger partial charge in [-0.3, -0.25) is 0 Å². The van der Waals surface area contributed by atoms with Crippen LogP contribution < -0.4 is 16.0 Å². The topological polar surface area (TPSA) is 106 Å². The summed E-state index contributed by atoms with van der Waals surface area (Å²) in [5.74, 6) is -0.608. The third-order valence-electron chi connectivity index (χ3n) is 6.50. The second-order valence-corrected chi connectivity index (χ2v) is 8.81. The van der Waals surface area contributed by atoms with E-state index in [-0.39, 0.29) is 17.7 Å². The van der Waals surface area contributed by atoms with Gasteiger partial charge in [0.1, 0.15) is 17.7 Å². The maximum atomic E-state index is 14.5. The highest BCUT2D eigenvalue weighted by Gasteiger charge is 2.26. The van der Waals surface area contributed by atoms with Crippen molar-refractivity contribution < 1.29 is 18.4 Å². The van der Waals surface area contributed by atoms with E-state index < -0.39 is 17.7 Å². The third-order valence-corrected chi connectivity index (χ3v) is 6.50. The average molecular weight is 473 g/mol. The van der Waals surface area contributed by atoms with Crippen LogP contribution in [0.1, 0.15) is 62.5 Å². The second-order valence-electron chi connectivity index (χ2n) is 8.81. The first kappa shape index (κ1) is 23.8. The van der Waals surface area contributed by atoms with Gasteiger partial charge in [-0.25, -0.2) is 23.5 Å². The number of nitrogens with one attached hydrogen (secondary N) is 1. The molecule has 2 aliphatic rings. The number of oxime groups is 1. The molecular weight excluding hydrogens is 442 g/mol. The number of aromatic nitrogens is 2. The number of primary amides is 1. The smallest absolute Gasteiger partial charge is 0.316 e. The summed E-state index contributed by atoms with van der Waals surface area (Å²) in [4.78, 5) is 27.8. The van der Waals surface area contributed by atoms with Crippen LogP contribution in [0, 0.1) is 11.6 Å². The molecule has 182 valence electrons. The minimum atomic E-state index is -0.936. The van der Waals surface area contributed by atoms with Crippen molar-refractivity contribution in [2.45, 2.75) is 63.9 Å². The molecule has 1 aliphatic heterocycles. The van der Waals surface area contributed by atoms with Crippen molar-refractivity contribution in [2.75, 3.05) is 23.3 Å². The number of aryl methyl sites for hydroxylation is 1. The van der Waals surface area contributed by atoms with Crippen LogP contribution in [0.25, 0.3) is 0 Å². The number of carbonyl (C=O) groups is 1. The number of halogens is 2. The van der Waals surface area contributed by atoms with E-state index >= 15 is 0 Å². The lowest BCUT2D eigenvalue weighted by Crippen LogP contribution is -2.37. The first-order valence-corrected chi connectivity index (χ1v) is 11.8. The monoisotopic (exact) mass is 472 g/mol. The van der Waals surface area contributed by atoms with E-state index in [1.54, 1.807) is 0 Å². The van der Waals surface area contributed by atoms with Gasteiger partial charge >= 0.3 is 6.03 Å². The Bertz CT molecular complexity index is 1030. The minimum Gasteiger partial charge on any atom is -0.392 e. The Morgan fingerprint density at radius 3 is 2.44 bits per heavy atom. The van der Waals surface area contributed by atoms with Crippen molar-refractivity contribution in [3.8, 4) is 0 Å². The molecule has 4 rings (SSSR count). The standard InChI is InChI=1S/C24H30F2N6O2/c1-2-15-13-28-24(29-14-15)32-9-7-18(8-10-32)34-31-17-5-3-16(4-6-17)19-11-21(26)22(12-20(19)25)30-23(27)33/h11-14,16,18H,2-10H2,1H3,(H3,27,30,33). The van der Waals surface area contributed by atoms with Gasteiger partial charge in [0.15, 0.2) is 0 Å². The summed E-state index contributed by atoms with van der Waals surface area (Å²) < 4.78 is 28.7. The lowest BCUT2D eigenvalue weighted by atomic mass is 9.83. The molecule has 1 aliphatic carbocycles. The molecule has 8 nitrogen and oxygen atoms in total. The number of piperidine rings is 1. The van der Waals surface area contributed by atoms with E-state index in [0.29, 0.717) is 31.2 Å². The summed E-state index contributed by atoms with van der Waals surface area (Å²) in [7, 11) is 0. The fourth-order valence-electron chi connectivity index (χ4n) is 4.46. The molecule has 3 N–H and O–H groups in total. The molecule has 0 bridgehead atoms. The van der Waals surface area contributed by atoms with Gasteiger partial charge in [0, 0.05) is 44.4 Å². The van der Waals surface area contributed by atoms with Crippen molar-refractivity contribution in [1.82, 2.24) is 9.97 Å². The average Bonchev–Trinajstić information content (AvgIpc) is 2.85. The normalized spacial score (nSPS) is 19.1. The van der Waals surface area contributed by atoms with Crippen LogP contribution in [0.4, 0.5) is 25.2 Å². The molecule has 1 aromatic carbocycles. The zero-order chi connectivity index (χ0) is 24.1. The predicted octanol–water partition coefficient (Wildman–Crippen LogP) is 4.51. The van der Waals surface area contributed by atoms with Crippen molar-refractivity contribution in [2.24, 2.45) is 10.9 Å². The van der Waals surface area contributed by atoms with Crippen molar-refractivity contribution >= 4 is 23.4 Å². The fraction of sp³-hybridized carbons (Fsp3) is 0.500. The molecule has 0 unspecified atom stereocenters. The number of anilines is 2. The molecule has 34 heavy (non-hydrogen) atoms. The summed E-state index contributed by atoms with van der Waals surface area (Å²) in [6.07, 6.45) is 9.06. The van der Waals surface area contributed by atoms with Gasteiger partial charge in [0.2, 0.25) is 5.95 Å². The van der Waals surface area contributed by atoms with Crippen LogP contribution in [0.3, 0.4) is 0 Å². The number of nitrogens with zero attached hydrogens (tertiary/aromatic N) is 4. The zero-order valence-electron chi connectivity index (χ0n) is 19.3. The lowest BCUT2D eigenvalue weighted by Gasteiger charge is -2.31. The number of nitrogens with two attached hydrogens (primary N) is 1. The van der Waals surface area contributed by atoms with E-state index in [1.165, 1.54) is 0 Å². The van der Waals surface area contributed by atoms with E-state index in [9.17, 15) is 13.6 Å². The molecule has 2 heterocycles. The molecule has 0 spiro atoms. The fourth-order valence-corrected chi connectivity index (χ4v) is 4.46. The number of rotatable bonds is 6. The molecule has 2 fully saturated rings. The largest absolute Gasteiger partial charge is 0.392 e. The highest BCUT2D eigenvalue weighted by atomic mass is 19.1. The summed E-state index contributed by atoms with van der Waals surface area (Å²) in [6, 6.07) is 1.20. The molecule has 2 amide bonds. The number of amides is 2. The number of urea groups is 1. The first-order chi connectivity index (χ1) is 16.4. The molecule has 0 atom stereocenters. The quantitative estimate of drug-likeness (QED) is 0.602. The van der Waals surface area contributed by atoms with E-state index in [2.05, 4.69) is 32.3 Å². The Kier molecular flexibility index (Phi) is 7.54. The SMILES string of the molecule is CCc1cnc(N2CCC(ON=C3CCC(c4cc(F)c(NC(N)=O)cc4F)CC3)CC2)nc1. The van der Waals surface area contributed by atoms with Gasteiger partial charge in [-0.15, -0.1) is 0 Å². The van der Waals surface area contributed by atoms with Crippen LogP contribution in [0.2, 0.25) is 0 Å². The molecule has 1 saturated carbocycles. The van der Waals surface area contributed by atoms with Crippen LogP contribution in [-0.4, -0.2) is 40.9 Å². The van der Waals surface area contributed by atoms with Crippen molar-refractivity contribution in [3.05, 3.63) is 47.3 Å². The molecular formula is C24H30F2N6O2. The molecule has 1 aromatic heterocycles. The second kappa shape index (κ2) is 10.8. The maximum absolute atomic E-state index is 14.5. The van der Waals surface area contributed by atoms with Crippen LogP contribution >= 0.6 is 0 Å². The van der Waals surface area contributed by atoms with Crippen LogP contribution in [0.5, 0.6) is 0 Å². The molecule has 0 radical (unpaired) electrons. The zero-order valence-corrected chi connectivity index (χ0v) is 19.3. The maximum Gasteiger partial charge on any atom is 0.316 e. The van der Waals surface area contributed by atoms with Gasteiger partial charge in [-0.05, 0) is 55.2 Å². The molecule has 2 aromatic rings. The molecule has 10 heteroatoms. The Balaban J connectivity index is 1.25. The number of hydrogen-bond acceptors (Lipinski definition) is 6. The van der Waals surface area contributed by atoms with Gasteiger partial charge in [0.05, 0.1) is 11.4 Å². The Morgan fingerprint density at radius 2 is 1.82 bits per heavy atom. The van der Waals surface area contributed by atoms with Gasteiger partial charge in [-0.2, -0.15) is 0 Å². The number of benzene rings is 1. The Hall–Kier alpha value is -3.30. The summed E-state index contributed by atoms with van der Waals surface area (Å²) in [6.45, 7) is 3.71. The van der Waals surface area contributed by atoms with E-state index in [1.807, 2.05) is 12.4 Å². The highest BCUT2D eigenvalue weighted by Crippen LogP contribution is 2.35. The van der Waals surface area contributed by atoms with Gasteiger partial charge in [-0.1, -0.05) is 12.1 Å². The van der Waals surface area contributed by atoms with Crippen LogP contribution in [0.15, 0.2) is 29.7 Å². The van der Waals surface area contributed by atoms with Crippen molar-refractivity contribution in [3.63, 3.8) is 0 Å². The summed E-state index contributed by atoms with van der Waals surface area (Å²) in [5, 5.41) is 6.47. The molecule has 1 saturated heterocycles.